The van der Waals surface area contributed by atoms with E-state index in [0.29, 0.717) is 24.6 Å². The lowest BCUT2D eigenvalue weighted by Gasteiger charge is -2.21. The van der Waals surface area contributed by atoms with Crippen molar-refractivity contribution in [1.29, 1.82) is 0 Å². The first-order valence-electron chi connectivity index (χ1n) is 6.19. The predicted molar refractivity (Wildman–Crippen MR) is 69.7 cm³/mol. The van der Waals surface area contributed by atoms with Crippen molar-refractivity contribution in [2.75, 3.05) is 13.7 Å². The molecule has 1 rings (SSSR count). The number of aliphatic hydroxyl groups is 1. The van der Waals surface area contributed by atoms with Gasteiger partial charge in [0.1, 0.15) is 5.82 Å². The quantitative estimate of drug-likeness (QED) is 0.784. The smallest absolute Gasteiger partial charge is 0.128 e. The fourth-order valence-corrected chi connectivity index (χ4v) is 1.77. The molecule has 102 valence electrons. The van der Waals surface area contributed by atoms with Crippen LogP contribution in [0.25, 0.3) is 0 Å². The van der Waals surface area contributed by atoms with E-state index in [1.807, 2.05) is 0 Å². The number of halogens is 1. The normalized spacial score (nSPS) is 13.0. The maximum absolute atomic E-state index is 13.2. The Bertz CT molecular complexity index is 369. The van der Waals surface area contributed by atoms with Crippen molar-refractivity contribution in [3.8, 4) is 0 Å². The maximum Gasteiger partial charge on any atom is 0.128 e. The Hall–Kier alpha value is -0.970. The second-order valence-corrected chi connectivity index (χ2v) is 4.77. The minimum Gasteiger partial charge on any atom is -0.392 e. The number of ether oxygens (including phenoxy) is 1. The lowest BCUT2D eigenvalue weighted by molar-refractivity contribution is 0.146. The number of rotatable bonds is 7. The van der Waals surface area contributed by atoms with E-state index < -0.39 is 0 Å². The fourth-order valence-electron chi connectivity index (χ4n) is 1.77. The van der Waals surface area contributed by atoms with Crippen LogP contribution in [0.1, 0.15) is 25.0 Å². The minimum atomic E-state index is -0.362. The van der Waals surface area contributed by atoms with Crippen LogP contribution in [0, 0.1) is 11.7 Å². The highest BCUT2D eigenvalue weighted by atomic mass is 19.1. The van der Waals surface area contributed by atoms with E-state index in [2.05, 4.69) is 19.2 Å². The molecule has 4 heteroatoms. The molecule has 0 radical (unpaired) electrons. The summed E-state index contributed by atoms with van der Waals surface area (Å²) in [6.07, 6.45) is 0. The van der Waals surface area contributed by atoms with E-state index in [-0.39, 0.29) is 18.5 Å². The average molecular weight is 255 g/mol. The van der Waals surface area contributed by atoms with E-state index in [9.17, 15) is 4.39 Å². The second-order valence-electron chi connectivity index (χ2n) is 4.77. The van der Waals surface area contributed by atoms with Crippen LogP contribution in [0.5, 0.6) is 0 Å². The molecule has 0 aliphatic carbocycles. The molecule has 2 N–H and O–H groups in total. The summed E-state index contributed by atoms with van der Waals surface area (Å²) >= 11 is 0. The van der Waals surface area contributed by atoms with Gasteiger partial charge in [0.2, 0.25) is 0 Å². The van der Waals surface area contributed by atoms with Crippen LogP contribution in [0.4, 0.5) is 4.39 Å². The van der Waals surface area contributed by atoms with Gasteiger partial charge in [0.15, 0.2) is 0 Å². The minimum absolute atomic E-state index is 0.262. The number of benzene rings is 1. The lowest BCUT2D eigenvalue weighted by atomic mass is 10.0. The third-order valence-electron chi connectivity index (χ3n) is 3.00. The van der Waals surface area contributed by atoms with Crippen molar-refractivity contribution in [3.63, 3.8) is 0 Å². The van der Waals surface area contributed by atoms with Crippen LogP contribution in [0.15, 0.2) is 18.2 Å². The molecular formula is C14H22FNO2. The van der Waals surface area contributed by atoms with E-state index in [1.165, 1.54) is 6.07 Å². The summed E-state index contributed by atoms with van der Waals surface area (Å²) in [7, 11) is 1.68. The zero-order chi connectivity index (χ0) is 13.5. The van der Waals surface area contributed by atoms with Gasteiger partial charge in [0.05, 0.1) is 13.2 Å². The first kappa shape index (κ1) is 15.1. The number of hydrogen-bond acceptors (Lipinski definition) is 3. The zero-order valence-corrected chi connectivity index (χ0v) is 11.2. The molecule has 0 fully saturated rings. The molecule has 1 aromatic rings. The molecule has 0 amide bonds. The Morgan fingerprint density at radius 1 is 1.39 bits per heavy atom. The molecule has 1 atom stereocenters. The van der Waals surface area contributed by atoms with Gasteiger partial charge in [0.25, 0.3) is 0 Å². The van der Waals surface area contributed by atoms with Crippen LogP contribution < -0.4 is 5.32 Å². The molecule has 3 nitrogen and oxygen atoms in total. The molecule has 1 aromatic carbocycles. The largest absolute Gasteiger partial charge is 0.392 e. The van der Waals surface area contributed by atoms with Gasteiger partial charge in [-0.1, -0.05) is 19.9 Å². The second kappa shape index (κ2) is 7.46. The van der Waals surface area contributed by atoms with E-state index >= 15 is 0 Å². The Morgan fingerprint density at radius 3 is 2.67 bits per heavy atom. The summed E-state index contributed by atoms with van der Waals surface area (Å²) in [5.74, 6) is 0.0984. The standard InChI is InChI=1S/C14H22FNO2/c1-10(2)14(9-18-3)16-7-11-4-5-13(15)12(6-11)8-17/h4-6,10,14,16-17H,7-9H2,1-3H3. The van der Waals surface area contributed by atoms with Gasteiger partial charge >= 0.3 is 0 Å². The van der Waals surface area contributed by atoms with Gasteiger partial charge in [-0.05, 0) is 23.6 Å². The monoisotopic (exact) mass is 255 g/mol. The van der Waals surface area contributed by atoms with Crippen molar-refractivity contribution < 1.29 is 14.2 Å². The summed E-state index contributed by atoms with van der Waals surface area (Å²) in [4.78, 5) is 0. The Labute approximate surface area is 108 Å². The molecule has 0 aromatic heterocycles. The maximum atomic E-state index is 13.2. The zero-order valence-electron chi connectivity index (χ0n) is 11.2. The highest BCUT2D eigenvalue weighted by Gasteiger charge is 2.12. The van der Waals surface area contributed by atoms with Crippen LogP contribution in [0.2, 0.25) is 0 Å². The Kier molecular flexibility index (Phi) is 6.25. The summed E-state index contributed by atoms with van der Waals surface area (Å²) in [5, 5.41) is 12.4. The molecule has 0 saturated heterocycles. The summed E-state index contributed by atoms with van der Waals surface area (Å²) in [6, 6.07) is 5.07. The third-order valence-corrected chi connectivity index (χ3v) is 3.00. The molecule has 0 spiro atoms. The van der Waals surface area contributed by atoms with Crippen molar-refractivity contribution in [3.05, 3.63) is 35.1 Å². The van der Waals surface area contributed by atoms with E-state index in [1.54, 1.807) is 19.2 Å². The SMILES string of the molecule is COCC(NCc1ccc(F)c(CO)c1)C(C)C. The molecular weight excluding hydrogens is 233 g/mol. The Morgan fingerprint density at radius 2 is 2.11 bits per heavy atom. The van der Waals surface area contributed by atoms with Crippen molar-refractivity contribution in [1.82, 2.24) is 5.32 Å². The molecule has 0 bridgehead atoms. The van der Waals surface area contributed by atoms with Crippen LogP contribution in [-0.4, -0.2) is 24.9 Å². The van der Waals surface area contributed by atoms with Crippen LogP contribution in [0.3, 0.4) is 0 Å². The number of nitrogens with one attached hydrogen (secondary N) is 1. The summed E-state index contributed by atoms with van der Waals surface area (Å²) in [6.45, 7) is 5.26. The Balaban J connectivity index is 2.61. The topological polar surface area (TPSA) is 41.5 Å². The molecule has 0 aliphatic rings. The van der Waals surface area contributed by atoms with Gasteiger partial charge < -0.3 is 15.2 Å². The fraction of sp³-hybridized carbons (Fsp3) is 0.571. The first-order chi connectivity index (χ1) is 8.58. The van der Waals surface area contributed by atoms with Gasteiger partial charge in [0, 0.05) is 25.3 Å². The lowest BCUT2D eigenvalue weighted by Crippen LogP contribution is -2.37. The number of methoxy groups -OCH3 is 1. The highest BCUT2D eigenvalue weighted by molar-refractivity contribution is 5.24. The van der Waals surface area contributed by atoms with Crippen molar-refractivity contribution in [2.24, 2.45) is 5.92 Å². The predicted octanol–water partition coefficient (Wildman–Crippen LogP) is 2.08. The van der Waals surface area contributed by atoms with Gasteiger partial charge in [-0.25, -0.2) is 4.39 Å². The van der Waals surface area contributed by atoms with Crippen LogP contribution in [-0.2, 0) is 17.9 Å². The van der Waals surface area contributed by atoms with Crippen molar-refractivity contribution >= 4 is 0 Å². The molecule has 18 heavy (non-hydrogen) atoms. The highest BCUT2D eigenvalue weighted by Crippen LogP contribution is 2.11. The molecule has 1 unspecified atom stereocenters. The third kappa shape index (κ3) is 4.37. The van der Waals surface area contributed by atoms with Crippen molar-refractivity contribution in [2.45, 2.75) is 33.0 Å². The van der Waals surface area contributed by atoms with Gasteiger partial charge in [-0.3, -0.25) is 0 Å². The molecule has 0 saturated carbocycles. The summed E-state index contributed by atoms with van der Waals surface area (Å²) in [5.41, 5.74) is 1.30. The average Bonchev–Trinajstić information content (AvgIpc) is 2.35. The first-order valence-corrected chi connectivity index (χ1v) is 6.19. The van der Waals surface area contributed by atoms with Gasteiger partial charge in [-0.15, -0.1) is 0 Å². The number of aliphatic hydroxyl groups excluding tert-OH is 1. The van der Waals surface area contributed by atoms with Gasteiger partial charge in [-0.2, -0.15) is 0 Å². The van der Waals surface area contributed by atoms with E-state index in [4.69, 9.17) is 9.84 Å². The summed E-state index contributed by atoms with van der Waals surface area (Å²) < 4.78 is 18.4. The molecule has 0 aliphatic heterocycles. The van der Waals surface area contributed by atoms with Crippen LogP contribution >= 0.6 is 0 Å². The molecule has 0 heterocycles. The van der Waals surface area contributed by atoms with E-state index in [0.717, 1.165) is 5.56 Å². The number of hydrogen-bond donors (Lipinski definition) is 2.